The van der Waals surface area contributed by atoms with Crippen LogP contribution in [0, 0.1) is 0 Å². The van der Waals surface area contributed by atoms with E-state index in [1.54, 1.807) is 97.1 Å². The molecule has 0 N–H and O–H groups in total. The lowest BCUT2D eigenvalue weighted by Crippen LogP contribution is -2.16. The minimum Gasteiger partial charge on any atom is -0.494 e. The summed E-state index contributed by atoms with van der Waals surface area (Å²) in [5.41, 5.74) is 0.705. The van der Waals surface area contributed by atoms with Gasteiger partial charge in [0.25, 0.3) is 0 Å². The zero-order valence-electron chi connectivity index (χ0n) is 55.6. The molecule has 12 nitrogen and oxygen atoms in total. The van der Waals surface area contributed by atoms with Crippen molar-refractivity contribution < 1.29 is 57.1 Å². The topological polar surface area (TPSA) is 142 Å². The second-order valence-electron chi connectivity index (χ2n) is 24.1. The minimum absolute atomic E-state index is 0.176. The van der Waals surface area contributed by atoms with Crippen molar-refractivity contribution in [2.75, 3.05) is 26.4 Å². The van der Waals surface area contributed by atoms with Crippen molar-refractivity contribution in [2.45, 2.75) is 259 Å². The molecule has 0 aliphatic heterocycles. The van der Waals surface area contributed by atoms with E-state index in [4.69, 9.17) is 37.9 Å². The molecule has 0 saturated heterocycles. The Balaban J connectivity index is 1.34. The molecule has 0 aliphatic carbocycles. The summed E-state index contributed by atoms with van der Waals surface area (Å²) in [5.74, 6) is -1.90. The number of carbonyl (C=O) groups is 4. The lowest BCUT2D eigenvalue weighted by Gasteiger charge is -2.16. The van der Waals surface area contributed by atoms with Crippen LogP contribution in [0.5, 0.6) is 46.0 Å². The maximum absolute atomic E-state index is 14.1. The molecule has 0 fully saturated rings. The van der Waals surface area contributed by atoms with Gasteiger partial charge < -0.3 is 37.9 Å². The maximum Gasteiger partial charge on any atom is 0.343 e. The molecule has 5 aromatic carbocycles. The molecule has 0 radical (unpaired) electrons. The first-order valence-corrected chi connectivity index (χ1v) is 35.2. The molecule has 12 heteroatoms. The van der Waals surface area contributed by atoms with Gasteiger partial charge in [-0.15, -0.1) is 0 Å². The van der Waals surface area contributed by atoms with Gasteiger partial charge in [0.2, 0.25) is 0 Å². The monoisotopic (exact) mass is 1240 g/mol. The Hall–Kier alpha value is -6.82. The second kappa shape index (κ2) is 47.1. The van der Waals surface area contributed by atoms with Crippen LogP contribution < -0.4 is 37.9 Å². The van der Waals surface area contributed by atoms with E-state index in [2.05, 4.69) is 27.7 Å². The number of esters is 4. The number of hydrogen-bond acceptors (Lipinski definition) is 12. The van der Waals surface area contributed by atoms with Gasteiger partial charge in [-0.05, 0) is 123 Å². The molecular weight excluding hydrogens is 1130 g/mol. The highest BCUT2D eigenvalue weighted by atomic mass is 16.6. The number of rotatable bonds is 52. The second-order valence-corrected chi connectivity index (χ2v) is 24.1. The van der Waals surface area contributed by atoms with E-state index in [0.29, 0.717) is 49.4 Å². The molecule has 494 valence electrons. The maximum atomic E-state index is 14.1. The number of hydrogen-bond donors (Lipinski definition) is 0. The molecular formula is C78H110O12. The molecule has 0 amide bonds. The molecule has 0 aliphatic rings. The highest BCUT2D eigenvalue weighted by Gasteiger charge is 2.25. The number of benzene rings is 5. The standard InChI is InChI=1S/C78H110O12/c1-5-9-13-17-21-25-29-33-37-57-83-67-49-41-63(42-50-67)75(79)87-71-61-73(89-77(81)65-45-53-69(54-46-65)85-59-39-35-31-27-23-19-15-11-7-3)74(90-78(82)66-47-55-70(56-48-66)86-60-40-36-32-28-24-20-16-12-8-4)62-72(71)88-76(80)64-43-51-68(52-44-64)84-58-38-34-30-26-22-18-14-10-6-2/h41-56,61-62H,5-40,57-60H2,1-4H3. The number of ether oxygens (including phenoxy) is 8. The number of unbranched alkanes of at least 4 members (excludes halogenated alkanes) is 32. The van der Waals surface area contributed by atoms with Crippen molar-refractivity contribution in [1.82, 2.24) is 0 Å². The summed E-state index contributed by atoms with van der Waals surface area (Å²) < 4.78 is 48.2. The molecule has 0 unspecified atom stereocenters. The van der Waals surface area contributed by atoms with E-state index in [1.165, 1.54) is 192 Å². The van der Waals surface area contributed by atoms with Crippen LogP contribution in [0.2, 0.25) is 0 Å². The van der Waals surface area contributed by atoms with Crippen molar-refractivity contribution in [3.63, 3.8) is 0 Å². The van der Waals surface area contributed by atoms with Gasteiger partial charge >= 0.3 is 23.9 Å². The Labute approximate surface area is 541 Å². The lowest BCUT2D eigenvalue weighted by atomic mass is 10.1. The van der Waals surface area contributed by atoms with Crippen LogP contribution in [0.15, 0.2) is 109 Å². The quantitative estimate of drug-likeness (QED) is 0.0208. The Morgan fingerprint density at radius 3 is 0.544 bits per heavy atom. The fraction of sp³-hybridized carbons (Fsp3) is 0.564. The molecule has 0 atom stereocenters. The van der Waals surface area contributed by atoms with E-state index < -0.39 is 23.9 Å². The average molecular weight is 1240 g/mol. The summed E-state index contributed by atoms with van der Waals surface area (Å²) in [6.07, 6.45) is 43.3. The van der Waals surface area contributed by atoms with E-state index >= 15 is 0 Å². The van der Waals surface area contributed by atoms with Crippen LogP contribution >= 0.6 is 0 Å². The first-order valence-electron chi connectivity index (χ1n) is 35.2. The van der Waals surface area contributed by atoms with Crippen LogP contribution in [-0.2, 0) is 0 Å². The molecule has 5 rings (SSSR count). The van der Waals surface area contributed by atoms with Crippen LogP contribution in [-0.4, -0.2) is 50.3 Å². The fourth-order valence-electron chi connectivity index (χ4n) is 10.6. The third-order valence-electron chi connectivity index (χ3n) is 16.2. The summed E-state index contributed by atoms with van der Waals surface area (Å²) in [6.45, 7) is 11.2. The third kappa shape index (κ3) is 31.3. The highest BCUT2D eigenvalue weighted by molar-refractivity contribution is 5.96. The third-order valence-corrected chi connectivity index (χ3v) is 16.2. The molecule has 5 aromatic rings. The Kier molecular flexibility index (Phi) is 38.7. The normalized spacial score (nSPS) is 11.1. The zero-order chi connectivity index (χ0) is 63.9. The van der Waals surface area contributed by atoms with Crippen LogP contribution in [0.3, 0.4) is 0 Å². The van der Waals surface area contributed by atoms with Crippen molar-refractivity contribution in [3.8, 4) is 46.0 Å². The molecule has 0 aromatic heterocycles. The van der Waals surface area contributed by atoms with Gasteiger partial charge in [-0.25, -0.2) is 19.2 Å². The van der Waals surface area contributed by atoms with E-state index in [-0.39, 0.29) is 45.3 Å². The summed E-state index contributed by atoms with van der Waals surface area (Å²) in [5, 5.41) is 0. The fourth-order valence-corrected chi connectivity index (χ4v) is 10.6. The molecule has 0 heterocycles. The van der Waals surface area contributed by atoms with Gasteiger partial charge in [0.05, 0.1) is 48.7 Å². The summed E-state index contributed by atoms with van der Waals surface area (Å²) >= 11 is 0. The van der Waals surface area contributed by atoms with E-state index in [0.717, 1.165) is 51.4 Å². The lowest BCUT2D eigenvalue weighted by molar-refractivity contribution is 0.0662. The predicted molar refractivity (Wildman–Crippen MR) is 363 cm³/mol. The van der Waals surface area contributed by atoms with Crippen LogP contribution in [0.1, 0.15) is 300 Å². The Morgan fingerprint density at radius 1 is 0.222 bits per heavy atom. The smallest absolute Gasteiger partial charge is 0.343 e. The first kappa shape index (κ1) is 73.9. The van der Waals surface area contributed by atoms with Crippen molar-refractivity contribution in [3.05, 3.63) is 131 Å². The number of carbonyl (C=O) groups excluding carboxylic acids is 4. The van der Waals surface area contributed by atoms with Gasteiger partial charge in [-0.2, -0.15) is 0 Å². The van der Waals surface area contributed by atoms with E-state index in [1.807, 2.05) is 0 Å². The summed E-state index contributed by atoms with van der Waals surface area (Å²) in [6, 6.07) is 28.8. The van der Waals surface area contributed by atoms with Gasteiger partial charge in [-0.3, -0.25) is 0 Å². The Morgan fingerprint density at radius 2 is 0.378 bits per heavy atom. The molecule has 0 saturated carbocycles. The van der Waals surface area contributed by atoms with E-state index in [9.17, 15) is 19.2 Å². The SMILES string of the molecule is CCCCCCCCCCCOc1ccc(C(=O)Oc2cc(OC(=O)c3ccc(OCCCCCCCCCCC)cc3)c(OC(=O)c3ccc(OCCCCCCCCCCC)cc3)cc2OC(=O)c2ccc(OCCCCCCCCCCC)cc2)cc1. The minimum atomic E-state index is -0.800. The summed E-state index contributed by atoms with van der Waals surface area (Å²) in [7, 11) is 0. The van der Waals surface area contributed by atoms with Gasteiger partial charge in [-0.1, -0.05) is 233 Å². The summed E-state index contributed by atoms with van der Waals surface area (Å²) in [4.78, 5) is 56.4. The highest BCUT2D eigenvalue weighted by Crippen LogP contribution is 2.42. The zero-order valence-corrected chi connectivity index (χ0v) is 55.6. The van der Waals surface area contributed by atoms with Crippen molar-refractivity contribution in [2.24, 2.45) is 0 Å². The van der Waals surface area contributed by atoms with Gasteiger partial charge in [0.15, 0.2) is 23.0 Å². The molecule has 0 bridgehead atoms. The Bertz CT molecular complexity index is 2330. The molecule has 0 spiro atoms. The molecule has 90 heavy (non-hydrogen) atoms. The van der Waals surface area contributed by atoms with Gasteiger partial charge in [0.1, 0.15) is 23.0 Å². The first-order chi connectivity index (χ1) is 44.2. The predicted octanol–water partition coefficient (Wildman–Crippen LogP) is 22.2. The van der Waals surface area contributed by atoms with Crippen molar-refractivity contribution >= 4 is 23.9 Å². The van der Waals surface area contributed by atoms with Crippen molar-refractivity contribution in [1.29, 1.82) is 0 Å². The van der Waals surface area contributed by atoms with Crippen LogP contribution in [0.25, 0.3) is 0 Å². The van der Waals surface area contributed by atoms with Gasteiger partial charge in [0, 0.05) is 12.1 Å². The average Bonchev–Trinajstić information content (AvgIpc) is 0.953. The largest absolute Gasteiger partial charge is 0.494 e. The van der Waals surface area contributed by atoms with Crippen LogP contribution in [0.4, 0.5) is 0 Å².